The normalized spacial score (nSPS) is 14.4. The number of ether oxygens (including phenoxy) is 2. The van der Waals surface area contributed by atoms with Crippen LogP contribution >= 0.6 is 0 Å². The van der Waals surface area contributed by atoms with Crippen LogP contribution in [0.25, 0.3) is 5.57 Å². The first kappa shape index (κ1) is 30.7. The Labute approximate surface area is 243 Å². The Bertz CT molecular complexity index is 1420. The summed E-state index contributed by atoms with van der Waals surface area (Å²) in [4.78, 5) is 21.0. The van der Waals surface area contributed by atoms with Crippen LogP contribution in [0.2, 0.25) is 0 Å². The highest BCUT2D eigenvalue weighted by Crippen LogP contribution is 2.30. The molecule has 42 heavy (non-hydrogen) atoms. The molecule has 3 aromatic rings. The number of halogens is 3. The maximum Gasteiger partial charge on any atom is 0.416 e. The maximum absolute atomic E-state index is 13.0. The summed E-state index contributed by atoms with van der Waals surface area (Å²) in [7, 11) is 1.83. The van der Waals surface area contributed by atoms with Crippen LogP contribution in [0, 0.1) is 12.3 Å². The molecule has 1 fully saturated rings. The lowest BCUT2D eigenvalue weighted by molar-refractivity contribution is -0.137. The van der Waals surface area contributed by atoms with E-state index in [-0.39, 0.29) is 12.0 Å². The Morgan fingerprint density at radius 3 is 2.71 bits per heavy atom. The van der Waals surface area contributed by atoms with E-state index in [1.54, 1.807) is 36.8 Å². The molecule has 2 N–H and O–H groups in total. The molecule has 222 valence electrons. The van der Waals surface area contributed by atoms with Crippen LogP contribution < -0.4 is 15.0 Å². The molecule has 1 aromatic heterocycles. The monoisotopic (exact) mass is 581 g/mol. The van der Waals surface area contributed by atoms with Crippen molar-refractivity contribution >= 4 is 29.1 Å². The van der Waals surface area contributed by atoms with E-state index in [1.165, 1.54) is 18.3 Å². The van der Waals surface area contributed by atoms with Gasteiger partial charge in [0.25, 0.3) is 0 Å². The van der Waals surface area contributed by atoms with Crippen molar-refractivity contribution in [1.29, 1.82) is 5.41 Å². The van der Waals surface area contributed by atoms with E-state index >= 15 is 0 Å². The van der Waals surface area contributed by atoms with E-state index in [2.05, 4.69) is 15.2 Å². The van der Waals surface area contributed by atoms with Gasteiger partial charge in [0.1, 0.15) is 12.4 Å². The lowest BCUT2D eigenvalue weighted by atomic mass is 10.1. The van der Waals surface area contributed by atoms with Crippen LogP contribution in [0.15, 0.2) is 67.1 Å². The number of morpholine rings is 1. The molecular weight excluding hydrogens is 547 g/mol. The Morgan fingerprint density at radius 1 is 1.19 bits per heavy atom. The Kier molecular flexibility index (Phi) is 10.3. The molecule has 8 nitrogen and oxygen atoms in total. The topological polar surface area (TPSA) is 90.8 Å². The number of carbonyl (C=O) groups is 1. The molecule has 0 spiro atoms. The van der Waals surface area contributed by atoms with Crippen molar-refractivity contribution in [3.63, 3.8) is 0 Å². The summed E-state index contributed by atoms with van der Waals surface area (Å²) >= 11 is 0. The van der Waals surface area contributed by atoms with E-state index in [0.717, 1.165) is 43.0 Å². The molecule has 0 unspecified atom stereocenters. The number of rotatable bonds is 11. The van der Waals surface area contributed by atoms with Crippen LogP contribution in [0.3, 0.4) is 0 Å². The molecule has 0 radical (unpaired) electrons. The average Bonchev–Trinajstić information content (AvgIpc) is 2.97. The summed E-state index contributed by atoms with van der Waals surface area (Å²) in [6, 6.07) is 11.9. The first-order valence-corrected chi connectivity index (χ1v) is 13.5. The summed E-state index contributed by atoms with van der Waals surface area (Å²) in [6.45, 7) is 6.34. The largest absolute Gasteiger partial charge is 0.491 e. The van der Waals surface area contributed by atoms with Crippen LogP contribution in [-0.2, 0) is 22.1 Å². The second-order valence-corrected chi connectivity index (χ2v) is 9.94. The zero-order valence-electron chi connectivity index (χ0n) is 23.6. The highest BCUT2D eigenvalue weighted by atomic mass is 19.4. The molecule has 0 atom stereocenters. The van der Waals surface area contributed by atoms with Gasteiger partial charge in [-0.15, -0.1) is 0 Å². The first-order chi connectivity index (χ1) is 20.1. The van der Waals surface area contributed by atoms with E-state index in [4.69, 9.17) is 14.9 Å². The molecule has 2 heterocycles. The van der Waals surface area contributed by atoms with Gasteiger partial charge in [-0.1, -0.05) is 24.3 Å². The number of carbonyl (C=O) groups excluding carboxylic acids is 1. The average molecular weight is 582 g/mol. The molecule has 1 aliphatic rings. The fourth-order valence-corrected chi connectivity index (χ4v) is 4.61. The zero-order valence-corrected chi connectivity index (χ0v) is 23.6. The number of alkyl halides is 3. The number of aromatic nitrogens is 1. The highest BCUT2D eigenvalue weighted by Gasteiger charge is 2.30. The minimum Gasteiger partial charge on any atom is -0.491 e. The molecule has 1 aliphatic heterocycles. The summed E-state index contributed by atoms with van der Waals surface area (Å²) < 4.78 is 50.6. The van der Waals surface area contributed by atoms with Crippen molar-refractivity contribution < 1.29 is 27.4 Å². The van der Waals surface area contributed by atoms with E-state index in [9.17, 15) is 18.0 Å². The van der Waals surface area contributed by atoms with Gasteiger partial charge in [-0.3, -0.25) is 14.7 Å². The number of nitrogens with one attached hydrogen (secondary N) is 2. The SMILES string of the molecule is Cc1ccc(NC(=O)Cc2cccc(C(F)(F)F)c2)cc1N(C)/C=C(\C=N)c1cnccc1OCCN1CCOCC1. The van der Waals surface area contributed by atoms with Gasteiger partial charge < -0.3 is 25.1 Å². The van der Waals surface area contributed by atoms with Crippen molar-refractivity contribution in [3.8, 4) is 5.75 Å². The summed E-state index contributed by atoms with van der Waals surface area (Å²) in [5.41, 5.74) is 2.91. The standard InChI is InChI=1S/C31H34F3N5O3/c1-22-6-7-26(37-30(40)17-23-4-3-5-25(16-23)31(32,33)34)18-28(22)38(2)21-24(19-35)27-20-36-9-8-29(27)42-15-12-39-10-13-41-14-11-39/h3-9,16,18-21,35H,10-15,17H2,1-2H3,(H,37,40)/b24-21+,35-19?. The molecular formula is C31H34F3N5O3. The summed E-state index contributed by atoms with van der Waals surface area (Å²) in [6.07, 6.45) is 1.65. The Hall–Kier alpha value is -4.22. The van der Waals surface area contributed by atoms with Gasteiger partial charge in [0.15, 0.2) is 0 Å². The lowest BCUT2D eigenvalue weighted by Gasteiger charge is -2.26. The van der Waals surface area contributed by atoms with E-state index < -0.39 is 17.6 Å². The third-order valence-corrected chi connectivity index (χ3v) is 6.84. The number of anilines is 2. The molecule has 0 bridgehead atoms. The number of nitrogens with zero attached hydrogens (tertiary/aromatic N) is 3. The summed E-state index contributed by atoms with van der Waals surface area (Å²) in [5, 5.41) is 10.9. The number of allylic oxidation sites excluding steroid dienone is 1. The van der Waals surface area contributed by atoms with Crippen molar-refractivity contribution in [1.82, 2.24) is 9.88 Å². The molecule has 11 heteroatoms. The quantitative estimate of drug-likeness (QED) is 0.294. The van der Waals surface area contributed by atoms with E-state index in [0.29, 0.717) is 42.4 Å². The van der Waals surface area contributed by atoms with Gasteiger partial charge in [-0.05, 0) is 42.3 Å². The minimum atomic E-state index is -4.47. The van der Waals surface area contributed by atoms with E-state index in [1.807, 2.05) is 24.9 Å². The first-order valence-electron chi connectivity index (χ1n) is 13.5. The van der Waals surface area contributed by atoms with Crippen molar-refractivity contribution in [2.45, 2.75) is 19.5 Å². The van der Waals surface area contributed by atoms with Crippen molar-refractivity contribution in [2.75, 3.05) is 56.7 Å². The zero-order chi connectivity index (χ0) is 30.1. The van der Waals surface area contributed by atoms with Gasteiger partial charge in [-0.25, -0.2) is 0 Å². The number of hydrogen-bond acceptors (Lipinski definition) is 7. The molecule has 0 saturated carbocycles. The smallest absolute Gasteiger partial charge is 0.416 e. The number of pyridine rings is 1. The van der Waals surface area contributed by atoms with Gasteiger partial charge in [-0.2, -0.15) is 13.2 Å². The molecule has 0 aliphatic carbocycles. The maximum atomic E-state index is 13.0. The lowest BCUT2D eigenvalue weighted by Crippen LogP contribution is -2.38. The van der Waals surface area contributed by atoms with Gasteiger partial charge >= 0.3 is 6.18 Å². The molecule has 2 aromatic carbocycles. The number of hydrogen-bond donors (Lipinski definition) is 2. The van der Waals surface area contributed by atoms with Crippen molar-refractivity contribution in [3.05, 3.63) is 89.4 Å². The molecule has 1 saturated heterocycles. The highest BCUT2D eigenvalue weighted by molar-refractivity contribution is 6.09. The fraction of sp³-hybridized carbons (Fsp3) is 0.323. The second-order valence-electron chi connectivity index (χ2n) is 9.94. The number of aryl methyl sites for hydroxylation is 1. The van der Waals surface area contributed by atoms with Crippen LogP contribution in [0.1, 0.15) is 22.3 Å². The van der Waals surface area contributed by atoms with Crippen LogP contribution in [0.5, 0.6) is 5.75 Å². The Balaban J connectivity index is 1.46. The molecule has 4 rings (SSSR count). The molecule has 1 amide bonds. The van der Waals surface area contributed by atoms with Gasteiger partial charge in [0, 0.05) is 74.0 Å². The van der Waals surface area contributed by atoms with Crippen molar-refractivity contribution in [2.24, 2.45) is 0 Å². The summed E-state index contributed by atoms with van der Waals surface area (Å²) in [5.74, 6) is 0.186. The fourth-order valence-electron chi connectivity index (χ4n) is 4.61. The van der Waals surface area contributed by atoms with Gasteiger partial charge in [0.2, 0.25) is 5.91 Å². The van der Waals surface area contributed by atoms with Crippen LogP contribution in [-0.4, -0.2) is 68.5 Å². The predicted octanol–water partition coefficient (Wildman–Crippen LogP) is 5.43. The third kappa shape index (κ3) is 8.40. The number of amides is 1. The third-order valence-electron chi connectivity index (χ3n) is 6.84. The predicted molar refractivity (Wildman–Crippen MR) is 157 cm³/mol. The second kappa shape index (κ2) is 14.1. The Morgan fingerprint density at radius 2 is 1.98 bits per heavy atom. The van der Waals surface area contributed by atoms with Crippen LogP contribution in [0.4, 0.5) is 24.5 Å². The number of benzene rings is 2. The van der Waals surface area contributed by atoms with Gasteiger partial charge in [0.05, 0.1) is 25.2 Å². The minimum absolute atomic E-state index is 0.198.